The van der Waals surface area contributed by atoms with E-state index in [0.717, 1.165) is 18.9 Å². The van der Waals surface area contributed by atoms with Gasteiger partial charge in [0.25, 0.3) is 11.5 Å². The number of H-pyrrole nitrogens is 1. The highest BCUT2D eigenvalue weighted by Crippen LogP contribution is 2.22. The molecule has 1 aliphatic rings. The quantitative estimate of drug-likeness (QED) is 0.164. The van der Waals surface area contributed by atoms with Crippen molar-refractivity contribution < 1.29 is 18.7 Å². The number of carbonyl (C=O) groups excluding carboxylic acids is 2. The van der Waals surface area contributed by atoms with Crippen LogP contribution in [0.1, 0.15) is 62.2 Å². The molecule has 0 aromatic carbocycles. The van der Waals surface area contributed by atoms with Crippen LogP contribution >= 0.6 is 0 Å². The molecular formula is C32H39FN8O5. The van der Waals surface area contributed by atoms with Crippen molar-refractivity contribution >= 4 is 28.8 Å². The van der Waals surface area contributed by atoms with Gasteiger partial charge in [-0.15, -0.1) is 0 Å². The van der Waals surface area contributed by atoms with Gasteiger partial charge in [0.2, 0.25) is 11.9 Å². The Hall–Kier alpha value is -4.72. The molecule has 2 amide bonds. The van der Waals surface area contributed by atoms with Crippen molar-refractivity contribution in [2.24, 2.45) is 0 Å². The summed E-state index contributed by atoms with van der Waals surface area (Å²) in [5, 5.41) is 0. The first-order valence-corrected chi connectivity index (χ1v) is 15.7. The highest BCUT2D eigenvalue weighted by atomic mass is 19.1. The monoisotopic (exact) mass is 634 g/mol. The van der Waals surface area contributed by atoms with Gasteiger partial charge in [-0.2, -0.15) is 4.39 Å². The van der Waals surface area contributed by atoms with E-state index >= 15 is 0 Å². The molecule has 46 heavy (non-hydrogen) atoms. The van der Waals surface area contributed by atoms with Crippen LogP contribution in [0, 0.1) is 5.95 Å². The Morgan fingerprint density at radius 3 is 2.54 bits per heavy atom. The zero-order valence-electron chi connectivity index (χ0n) is 26.2. The Bertz CT molecular complexity index is 1780. The van der Waals surface area contributed by atoms with Crippen molar-refractivity contribution in [1.82, 2.24) is 34.0 Å². The van der Waals surface area contributed by atoms with Gasteiger partial charge in [-0.25, -0.2) is 19.7 Å². The molecule has 0 aliphatic carbocycles. The average Bonchev–Trinajstić information content (AvgIpc) is 3.51. The summed E-state index contributed by atoms with van der Waals surface area (Å²) in [4.78, 5) is 71.6. The molecule has 0 saturated carbocycles. The van der Waals surface area contributed by atoms with Crippen molar-refractivity contribution in [3.8, 4) is 11.4 Å². The number of aromatic amines is 1. The number of nitrogens with zero attached hydrogens (tertiary/aromatic N) is 7. The molecule has 13 nitrogen and oxygen atoms in total. The van der Waals surface area contributed by atoms with Crippen molar-refractivity contribution in [2.75, 3.05) is 38.3 Å². The maximum absolute atomic E-state index is 13.5. The lowest BCUT2D eigenvalue weighted by Gasteiger charge is -2.28. The number of fused-ring (bicyclic) bond motifs is 1. The third-order valence-electron chi connectivity index (χ3n) is 8.04. The van der Waals surface area contributed by atoms with Crippen LogP contribution in [0.2, 0.25) is 0 Å². The first kappa shape index (κ1) is 32.7. The highest BCUT2D eigenvalue weighted by molar-refractivity contribution is 6.05. The maximum atomic E-state index is 13.5. The molecule has 1 fully saturated rings. The van der Waals surface area contributed by atoms with E-state index in [9.17, 15) is 23.6 Å². The molecule has 4 aromatic heterocycles. The Labute approximate surface area is 265 Å². The molecule has 1 aliphatic heterocycles. The Morgan fingerprint density at radius 2 is 1.85 bits per heavy atom. The molecule has 0 spiro atoms. The second-order valence-corrected chi connectivity index (χ2v) is 11.3. The van der Waals surface area contributed by atoms with E-state index in [1.54, 1.807) is 19.2 Å². The molecule has 5 heterocycles. The topological polar surface area (TPSA) is 148 Å². The first-order chi connectivity index (χ1) is 22.3. The predicted molar refractivity (Wildman–Crippen MR) is 170 cm³/mol. The highest BCUT2D eigenvalue weighted by Gasteiger charge is 2.23. The number of carbonyl (C=O) groups is 2. The number of ether oxygens (including phenoxy) is 1. The molecule has 0 radical (unpaired) electrons. The summed E-state index contributed by atoms with van der Waals surface area (Å²) in [6.45, 7) is 4.62. The molecule has 1 saturated heterocycles. The largest absolute Gasteiger partial charge is 0.385 e. The van der Waals surface area contributed by atoms with Crippen LogP contribution in [-0.4, -0.2) is 79.1 Å². The molecule has 1 N–H and O–H groups in total. The van der Waals surface area contributed by atoms with Gasteiger partial charge in [-0.3, -0.25) is 28.4 Å². The van der Waals surface area contributed by atoms with E-state index in [1.807, 2.05) is 11.8 Å². The standard InChI is InChI=1S/C32H39FN8O5/c1-3-14-40-29-27(31(44)41(32(40)45)17-6-7-19-46-2)36-28(37-29)22-11-13-25(35-20-22)39(30(43)23-10-12-24(33)34-21-23)18-8-16-38-15-5-4-9-26(38)42/h10-13,20-21H,3-9,14-19H2,1-2H3,(H,36,37). The SMILES string of the molecule is CCCn1c(=O)n(CCCCOC)c(=O)c2[nH]c(-c3ccc(N(CCCN4CCCCC4=O)C(=O)c4ccc(F)nc4)nc3)nc21. The summed E-state index contributed by atoms with van der Waals surface area (Å²) in [6, 6.07) is 5.88. The van der Waals surface area contributed by atoms with Gasteiger partial charge in [0.05, 0.1) is 5.56 Å². The van der Waals surface area contributed by atoms with Crippen LogP contribution in [0.15, 0.2) is 46.2 Å². The number of imidazole rings is 1. The zero-order chi connectivity index (χ0) is 32.6. The fraction of sp³-hybridized carbons (Fsp3) is 0.469. The lowest BCUT2D eigenvalue weighted by molar-refractivity contribution is -0.133. The molecular weight excluding hydrogens is 595 g/mol. The minimum Gasteiger partial charge on any atom is -0.385 e. The van der Waals surface area contributed by atoms with Crippen LogP contribution in [0.5, 0.6) is 0 Å². The number of pyridine rings is 2. The number of hydrogen-bond donors (Lipinski definition) is 1. The first-order valence-electron chi connectivity index (χ1n) is 15.7. The van der Waals surface area contributed by atoms with Crippen LogP contribution in [0.4, 0.5) is 10.2 Å². The van der Waals surface area contributed by atoms with Crippen molar-refractivity contribution in [3.63, 3.8) is 0 Å². The van der Waals surface area contributed by atoms with E-state index in [4.69, 9.17) is 4.74 Å². The summed E-state index contributed by atoms with van der Waals surface area (Å²) in [5.74, 6) is -0.280. The fourth-order valence-corrected chi connectivity index (χ4v) is 5.62. The number of likely N-dealkylation sites (tertiary alicyclic amines) is 1. The van der Waals surface area contributed by atoms with E-state index in [-0.39, 0.29) is 35.7 Å². The van der Waals surface area contributed by atoms with Gasteiger partial charge in [0.1, 0.15) is 17.2 Å². The molecule has 4 aromatic rings. The van der Waals surface area contributed by atoms with E-state index < -0.39 is 23.1 Å². The molecule has 5 rings (SSSR count). The van der Waals surface area contributed by atoms with Crippen molar-refractivity contribution in [1.29, 1.82) is 0 Å². The summed E-state index contributed by atoms with van der Waals surface area (Å²) >= 11 is 0. The fourth-order valence-electron chi connectivity index (χ4n) is 5.62. The number of halogens is 1. The van der Waals surface area contributed by atoms with Crippen molar-refractivity contribution in [2.45, 2.75) is 65.0 Å². The Kier molecular flexibility index (Phi) is 10.7. The third-order valence-corrected chi connectivity index (χ3v) is 8.04. The predicted octanol–water partition coefficient (Wildman–Crippen LogP) is 3.37. The molecule has 14 heteroatoms. The smallest absolute Gasteiger partial charge is 0.332 e. The Morgan fingerprint density at radius 1 is 1.00 bits per heavy atom. The molecule has 244 valence electrons. The van der Waals surface area contributed by atoms with Gasteiger partial charge in [0.15, 0.2) is 5.65 Å². The number of amides is 2. The number of rotatable bonds is 14. The number of aromatic nitrogens is 6. The lowest BCUT2D eigenvalue weighted by atomic mass is 10.1. The van der Waals surface area contributed by atoms with Gasteiger partial charge in [-0.1, -0.05) is 6.92 Å². The number of aryl methyl sites for hydroxylation is 1. The molecule has 0 bridgehead atoms. The lowest BCUT2D eigenvalue weighted by Crippen LogP contribution is -2.40. The minimum absolute atomic E-state index is 0.113. The molecule has 0 atom stereocenters. The van der Waals surface area contributed by atoms with Gasteiger partial charge >= 0.3 is 5.69 Å². The van der Waals surface area contributed by atoms with Crippen LogP contribution in [-0.2, 0) is 22.6 Å². The van der Waals surface area contributed by atoms with Crippen LogP contribution in [0.3, 0.4) is 0 Å². The summed E-state index contributed by atoms with van der Waals surface area (Å²) in [5.41, 5.74) is 0.412. The van der Waals surface area contributed by atoms with Gasteiger partial charge in [0, 0.05) is 70.8 Å². The van der Waals surface area contributed by atoms with Crippen LogP contribution in [0.25, 0.3) is 22.6 Å². The molecule has 0 unspecified atom stereocenters. The van der Waals surface area contributed by atoms with E-state index in [0.29, 0.717) is 75.6 Å². The summed E-state index contributed by atoms with van der Waals surface area (Å²) in [7, 11) is 1.61. The van der Waals surface area contributed by atoms with Gasteiger partial charge in [-0.05, 0) is 62.8 Å². The second kappa shape index (κ2) is 15.0. The van der Waals surface area contributed by atoms with Crippen molar-refractivity contribution in [3.05, 3.63) is 69.0 Å². The van der Waals surface area contributed by atoms with Gasteiger partial charge < -0.3 is 14.6 Å². The minimum atomic E-state index is -0.692. The number of anilines is 1. The zero-order valence-corrected chi connectivity index (χ0v) is 26.2. The summed E-state index contributed by atoms with van der Waals surface area (Å²) in [6.07, 6.45) is 7.63. The van der Waals surface area contributed by atoms with E-state index in [2.05, 4.69) is 19.9 Å². The Balaban J connectivity index is 1.43. The van der Waals surface area contributed by atoms with E-state index in [1.165, 1.54) is 32.5 Å². The maximum Gasteiger partial charge on any atom is 0.332 e. The second-order valence-electron chi connectivity index (χ2n) is 11.3. The van der Waals surface area contributed by atoms with Crippen LogP contribution < -0.4 is 16.1 Å². The number of nitrogens with one attached hydrogen (secondary N) is 1. The number of piperidine rings is 1. The average molecular weight is 635 g/mol. The number of hydrogen-bond acceptors (Lipinski definition) is 8. The third kappa shape index (κ3) is 7.22. The number of methoxy groups -OCH3 is 1. The number of unbranched alkanes of at least 4 members (excludes halogenated alkanes) is 1. The summed E-state index contributed by atoms with van der Waals surface area (Å²) < 4.78 is 21.3. The normalized spacial score (nSPS) is 13.5.